The third-order valence-electron chi connectivity index (χ3n) is 3.68. The Morgan fingerprint density at radius 1 is 1.36 bits per heavy atom. The van der Waals surface area contributed by atoms with Gasteiger partial charge in [-0.25, -0.2) is 0 Å². The molecule has 0 amide bonds. The number of thioether (sulfide) groups is 1. The second kappa shape index (κ2) is 7.65. The van der Waals surface area contributed by atoms with E-state index in [0.717, 1.165) is 23.6 Å². The molecule has 1 unspecified atom stereocenters. The number of hydrogen-bond donors (Lipinski definition) is 0. The van der Waals surface area contributed by atoms with Crippen LogP contribution in [0, 0.1) is 0 Å². The summed E-state index contributed by atoms with van der Waals surface area (Å²) >= 11 is 1.68. The van der Waals surface area contributed by atoms with Gasteiger partial charge in [-0.2, -0.15) is 0 Å². The lowest BCUT2D eigenvalue weighted by Gasteiger charge is -2.22. The smallest absolute Gasteiger partial charge is 0.233 e. The van der Waals surface area contributed by atoms with E-state index in [-0.39, 0.29) is 6.04 Å². The predicted octanol–water partition coefficient (Wildman–Crippen LogP) is 3.56. The highest BCUT2D eigenvalue weighted by atomic mass is 32.2. The summed E-state index contributed by atoms with van der Waals surface area (Å²) in [4.78, 5) is 3.33. The fraction of sp³-hybridized carbons (Fsp3) is 0.500. The lowest BCUT2D eigenvalue weighted by molar-refractivity contribution is 0.214. The van der Waals surface area contributed by atoms with E-state index in [1.807, 2.05) is 13.2 Å². The molecular weight excluding hydrogens is 298 g/mol. The van der Waals surface area contributed by atoms with Gasteiger partial charge in [0.2, 0.25) is 11.8 Å². The molecule has 0 radical (unpaired) electrons. The monoisotopic (exact) mass is 321 g/mol. The molecule has 0 saturated carbocycles. The number of benzene rings is 1. The number of nitrogens with zero attached hydrogens (tertiary/aromatic N) is 3. The normalized spacial score (nSPS) is 12.6. The average Bonchev–Trinajstić information content (AvgIpc) is 3.02. The Morgan fingerprint density at radius 2 is 2.14 bits per heavy atom. The average molecular weight is 321 g/mol. The van der Waals surface area contributed by atoms with Crippen molar-refractivity contribution in [2.75, 3.05) is 20.4 Å². The van der Waals surface area contributed by atoms with Crippen molar-refractivity contribution in [1.82, 2.24) is 15.1 Å². The molecule has 2 aromatic rings. The molecule has 0 saturated heterocycles. The minimum Gasteiger partial charge on any atom is -0.496 e. The van der Waals surface area contributed by atoms with Crippen LogP contribution in [-0.4, -0.2) is 35.5 Å². The number of aromatic nitrogens is 2. The largest absolute Gasteiger partial charge is 0.496 e. The second-order valence-corrected chi connectivity index (χ2v) is 6.02. The molecule has 1 atom stereocenters. The van der Waals surface area contributed by atoms with Gasteiger partial charge in [0.05, 0.1) is 13.2 Å². The Hall–Kier alpha value is -1.53. The van der Waals surface area contributed by atoms with Gasteiger partial charge in [0.1, 0.15) is 5.75 Å². The quantitative estimate of drug-likeness (QED) is 0.727. The lowest BCUT2D eigenvalue weighted by atomic mass is 10.2. The van der Waals surface area contributed by atoms with E-state index in [0.29, 0.717) is 11.8 Å². The van der Waals surface area contributed by atoms with Crippen LogP contribution < -0.4 is 4.74 Å². The first-order valence-corrected chi connectivity index (χ1v) is 8.54. The third-order valence-corrected chi connectivity index (χ3v) is 4.46. The molecule has 0 aliphatic carbocycles. The molecule has 0 N–H and O–H groups in total. The molecule has 22 heavy (non-hydrogen) atoms. The van der Waals surface area contributed by atoms with Crippen LogP contribution in [0.25, 0.3) is 0 Å². The Kier molecular flexibility index (Phi) is 5.85. The van der Waals surface area contributed by atoms with Crippen LogP contribution in [0.3, 0.4) is 0 Å². The van der Waals surface area contributed by atoms with E-state index >= 15 is 0 Å². The van der Waals surface area contributed by atoms with E-state index in [2.05, 4.69) is 47.3 Å². The Morgan fingerprint density at radius 3 is 2.73 bits per heavy atom. The molecule has 1 heterocycles. The third kappa shape index (κ3) is 3.81. The van der Waals surface area contributed by atoms with Crippen molar-refractivity contribution in [1.29, 1.82) is 0 Å². The molecule has 0 spiro atoms. The van der Waals surface area contributed by atoms with E-state index in [1.165, 1.54) is 5.56 Å². The summed E-state index contributed by atoms with van der Waals surface area (Å²) in [5.41, 5.74) is 1.19. The van der Waals surface area contributed by atoms with Crippen molar-refractivity contribution in [2.24, 2.45) is 0 Å². The standard InChI is InChI=1S/C16H23N3O2S/c1-6-15-17-18-16(21-15)11(2)19(3)10-12-7-8-14(22-5)13(9-12)20-4/h7-9,11H,6,10H2,1-5H3. The van der Waals surface area contributed by atoms with Gasteiger partial charge in [-0.15, -0.1) is 22.0 Å². The first-order valence-electron chi connectivity index (χ1n) is 7.32. The maximum absolute atomic E-state index is 5.64. The molecule has 0 aliphatic heterocycles. The molecule has 0 fully saturated rings. The van der Waals surface area contributed by atoms with Crippen LogP contribution in [0.15, 0.2) is 27.5 Å². The number of methoxy groups -OCH3 is 1. The zero-order valence-electron chi connectivity index (χ0n) is 13.8. The summed E-state index contributed by atoms with van der Waals surface area (Å²) < 4.78 is 11.1. The van der Waals surface area contributed by atoms with Gasteiger partial charge in [-0.05, 0) is 37.9 Å². The molecule has 1 aromatic carbocycles. The number of aryl methyl sites for hydroxylation is 1. The van der Waals surface area contributed by atoms with Crippen molar-refractivity contribution in [2.45, 2.75) is 37.8 Å². The minimum atomic E-state index is 0.0685. The Bertz CT molecular complexity index is 615. The highest BCUT2D eigenvalue weighted by Crippen LogP contribution is 2.29. The van der Waals surface area contributed by atoms with Gasteiger partial charge in [0.25, 0.3) is 0 Å². The van der Waals surface area contributed by atoms with Crippen molar-refractivity contribution in [3.05, 3.63) is 35.5 Å². The van der Waals surface area contributed by atoms with E-state index in [4.69, 9.17) is 9.15 Å². The number of rotatable bonds is 7. The summed E-state index contributed by atoms with van der Waals surface area (Å²) in [6, 6.07) is 6.38. The van der Waals surface area contributed by atoms with Gasteiger partial charge in [-0.3, -0.25) is 4.90 Å². The lowest BCUT2D eigenvalue weighted by Crippen LogP contribution is -2.22. The second-order valence-electron chi connectivity index (χ2n) is 5.17. The highest BCUT2D eigenvalue weighted by molar-refractivity contribution is 7.98. The van der Waals surface area contributed by atoms with E-state index < -0.39 is 0 Å². The first-order chi connectivity index (χ1) is 10.6. The fourth-order valence-corrected chi connectivity index (χ4v) is 2.72. The van der Waals surface area contributed by atoms with Gasteiger partial charge in [-0.1, -0.05) is 13.0 Å². The zero-order valence-corrected chi connectivity index (χ0v) is 14.6. The summed E-state index contributed by atoms with van der Waals surface area (Å²) in [6.45, 7) is 4.86. The minimum absolute atomic E-state index is 0.0685. The zero-order chi connectivity index (χ0) is 16.1. The fourth-order valence-electron chi connectivity index (χ4n) is 2.17. The molecule has 0 bridgehead atoms. The summed E-state index contributed by atoms with van der Waals surface area (Å²) in [5.74, 6) is 2.26. The Balaban J connectivity index is 2.09. The SMILES string of the molecule is CCc1nnc(C(C)N(C)Cc2ccc(SC)c(OC)c2)o1. The van der Waals surface area contributed by atoms with Gasteiger partial charge in [0.15, 0.2) is 0 Å². The summed E-state index contributed by atoms with van der Waals surface area (Å²) in [7, 11) is 3.76. The van der Waals surface area contributed by atoms with Gasteiger partial charge >= 0.3 is 0 Å². The van der Waals surface area contributed by atoms with E-state index in [9.17, 15) is 0 Å². The van der Waals surface area contributed by atoms with E-state index in [1.54, 1.807) is 18.9 Å². The van der Waals surface area contributed by atoms with Crippen molar-refractivity contribution < 1.29 is 9.15 Å². The molecule has 1 aromatic heterocycles. The van der Waals surface area contributed by atoms with Crippen LogP contribution in [0.2, 0.25) is 0 Å². The van der Waals surface area contributed by atoms with Crippen LogP contribution in [0.4, 0.5) is 0 Å². The number of ether oxygens (including phenoxy) is 1. The topological polar surface area (TPSA) is 51.4 Å². The maximum atomic E-state index is 5.64. The van der Waals surface area contributed by atoms with Crippen LogP contribution in [0.5, 0.6) is 5.75 Å². The van der Waals surface area contributed by atoms with Crippen molar-refractivity contribution in [3.63, 3.8) is 0 Å². The summed E-state index contributed by atoms with van der Waals surface area (Å²) in [5, 5.41) is 8.15. The molecule has 0 aliphatic rings. The molecular formula is C16H23N3O2S. The van der Waals surface area contributed by atoms with Crippen molar-refractivity contribution >= 4 is 11.8 Å². The molecule has 2 rings (SSSR count). The predicted molar refractivity (Wildman–Crippen MR) is 88.3 cm³/mol. The number of hydrogen-bond acceptors (Lipinski definition) is 6. The molecule has 120 valence electrons. The molecule has 6 heteroatoms. The van der Waals surface area contributed by atoms with Crippen LogP contribution in [0.1, 0.15) is 37.2 Å². The summed E-state index contributed by atoms with van der Waals surface area (Å²) in [6.07, 6.45) is 2.81. The molecule has 5 nitrogen and oxygen atoms in total. The van der Waals surface area contributed by atoms with Gasteiger partial charge < -0.3 is 9.15 Å². The first kappa shape index (κ1) is 16.8. The van der Waals surface area contributed by atoms with Crippen LogP contribution >= 0.6 is 11.8 Å². The Labute approximate surface area is 136 Å². The van der Waals surface area contributed by atoms with Crippen LogP contribution in [-0.2, 0) is 13.0 Å². The van der Waals surface area contributed by atoms with Gasteiger partial charge in [0, 0.05) is 17.9 Å². The van der Waals surface area contributed by atoms with Crippen molar-refractivity contribution in [3.8, 4) is 5.75 Å². The highest BCUT2D eigenvalue weighted by Gasteiger charge is 2.18. The maximum Gasteiger partial charge on any atom is 0.233 e.